The first kappa shape index (κ1) is 17.9. The molecule has 1 aromatic rings. The van der Waals surface area contributed by atoms with Crippen molar-refractivity contribution in [2.24, 2.45) is 0 Å². The number of halogens is 2. The minimum absolute atomic E-state index is 0. The van der Waals surface area contributed by atoms with Gasteiger partial charge >= 0.3 is 0 Å². The van der Waals surface area contributed by atoms with Crippen LogP contribution in [-0.2, 0) is 10.2 Å². The molecule has 1 amide bonds. The predicted molar refractivity (Wildman–Crippen MR) is 85.3 cm³/mol. The van der Waals surface area contributed by atoms with Crippen LogP contribution in [0.1, 0.15) is 39.2 Å². The summed E-state index contributed by atoms with van der Waals surface area (Å²) in [6, 6.07) is 6.60. The van der Waals surface area contributed by atoms with Crippen molar-refractivity contribution in [2.75, 3.05) is 6.54 Å². The third-order valence-corrected chi connectivity index (χ3v) is 4.21. The molecule has 21 heavy (non-hydrogen) atoms. The number of nitrogens with one attached hydrogen (secondary N) is 2. The molecule has 1 fully saturated rings. The Kier molecular flexibility index (Phi) is 6.17. The Hall–Kier alpha value is -1.13. The van der Waals surface area contributed by atoms with E-state index in [-0.39, 0.29) is 36.2 Å². The maximum Gasteiger partial charge on any atom is 0.230 e. The molecular weight excluding hydrogens is 291 g/mol. The number of benzene rings is 1. The van der Waals surface area contributed by atoms with E-state index in [4.69, 9.17) is 0 Å². The van der Waals surface area contributed by atoms with Gasteiger partial charge in [-0.25, -0.2) is 4.39 Å². The number of piperidine rings is 1. The largest absolute Gasteiger partial charge is 0.351 e. The molecule has 1 aliphatic rings. The lowest BCUT2D eigenvalue weighted by molar-refractivity contribution is -0.126. The molecule has 0 spiro atoms. The molecule has 2 unspecified atom stereocenters. The molecule has 0 aromatic heterocycles. The number of carbonyl (C=O) groups excluding carboxylic acids is 1. The molecule has 0 radical (unpaired) electrons. The molecular formula is C16H24ClFN2O. The molecule has 3 nitrogen and oxygen atoms in total. The molecule has 2 atom stereocenters. The maximum absolute atomic E-state index is 13.0. The van der Waals surface area contributed by atoms with Gasteiger partial charge in [0.1, 0.15) is 5.82 Å². The van der Waals surface area contributed by atoms with E-state index in [0.29, 0.717) is 0 Å². The SMILES string of the molecule is CC1NCCCC1NC(=O)C(C)(C)c1ccc(F)cc1.Cl. The Labute approximate surface area is 132 Å². The molecule has 2 rings (SSSR count). The number of carbonyl (C=O) groups is 1. The third kappa shape index (κ3) is 4.17. The highest BCUT2D eigenvalue weighted by atomic mass is 35.5. The summed E-state index contributed by atoms with van der Waals surface area (Å²) in [6.07, 6.45) is 2.08. The molecule has 1 heterocycles. The Morgan fingerprint density at radius 1 is 1.33 bits per heavy atom. The van der Waals surface area contributed by atoms with E-state index in [1.165, 1.54) is 12.1 Å². The Balaban J connectivity index is 0.00000220. The first-order valence-corrected chi connectivity index (χ1v) is 7.21. The van der Waals surface area contributed by atoms with Gasteiger partial charge in [-0.05, 0) is 57.9 Å². The van der Waals surface area contributed by atoms with E-state index in [0.717, 1.165) is 24.9 Å². The van der Waals surface area contributed by atoms with E-state index in [2.05, 4.69) is 17.6 Å². The van der Waals surface area contributed by atoms with Crippen molar-refractivity contribution in [2.45, 2.75) is 51.1 Å². The monoisotopic (exact) mass is 314 g/mol. The maximum atomic E-state index is 13.0. The van der Waals surface area contributed by atoms with Crippen LogP contribution in [0.25, 0.3) is 0 Å². The second-order valence-electron chi connectivity index (χ2n) is 6.10. The van der Waals surface area contributed by atoms with Gasteiger partial charge in [0.25, 0.3) is 0 Å². The second kappa shape index (κ2) is 7.23. The first-order valence-electron chi connectivity index (χ1n) is 7.21. The zero-order valence-corrected chi connectivity index (χ0v) is 13.6. The van der Waals surface area contributed by atoms with E-state index in [1.54, 1.807) is 12.1 Å². The van der Waals surface area contributed by atoms with Gasteiger partial charge in [0.05, 0.1) is 5.41 Å². The molecule has 0 saturated carbocycles. The van der Waals surface area contributed by atoms with Gasteiger partial charge in [-0.15, -0.1) is 12.4 Å². The van der Waals surface area contributed by atoms with Gasteiger partial charge < -0.3 is 10.6 Å². The smallest absolute Gasteiger partial charge is 0.230 e. The van der Waals surface area contributed by atoms with E-state index >= 15 is 0 Å². The molecule has 1 aromatic carbocycles. The Bertz CT molecular complexity index is 476. The van der Waals surface area contributed by atoms with Crippen LogP contribution in [0, 0.1) is 5.82 Å². The van der Waals surface area contributed by atoms with Crippen molar-refractivity contribution in [3.8, 4) is 0 Å². The minimum atomic E-state index is -0.662. The second-order valence-corrected chi connectivity index (χ2v) is 6.10. The number of amides is 1. The molecule has 118 valence electrons. The van der Waals surface area contributed by atoms with Crippen LogP contribution < -0.4 is 10.6 Å². The van der Waals surface area contributed by atoms with Gasteiger partial charge in [-0.1, -0.05) is 12.1 Å². The molecule has 2 N–H and O–H groups in total. The Morgan fingerprint density at radius 2 is 1.95 bits per heavy atom. The summed E-state index contributed by atoms with van der Waals surface area (Å²) >= 11 is 0. The average Bonchev–Trinajstić information content (AvgIpc) is 2.41. The Morgan fingerprint density at radius 3 is 2.52 bits per heavy atom. The summed E-state index contributed by atoms with van der Waals surface area (Å²) in [7, 11) is 0. The van der Waals surface area contributed by atoms with E-state index < -0.39 is 5.41 Å². The summed E-state index contributed by atoms with van der Waals surface area (Å²) in [5, 5.41) is 6.50. The number of hydrogen-bond donors (Lipinski definition) is 2. The highest BCUT2D eigenvalue weighted by molar-refractivity contribution is 5.87. The van der Waals surface area contributed by atoms with E-state index in [9.17, 15) is 9.18 Å². The molecule has 0 aliphatic carbocycles. The molecule has 1 saturated heterocycles. The topological polar surface area (TPSA) is 41.1 Å². The fraction of sp³-hybridized carbons (Fsp3) is 0.562. The lowest BCUT2D eigenvalue weighted by atomic mass is 9.83. The van der Waals surface area contributed by atoms with Crippen molar-refractivity contribution in [1.29, 1.82) is 0 Å². The highest BCUT2D eigenvalue weighted by Gasteiger charge is 2.33. The summed E-state index contributed by atoms with van der Waals surface area (Å²) < 4.78 is 13.0. The van der Waals surface area contributed by atoms with Crippen LogP contribution in [0.4, 0.5) is 4.39 Å². The fourth-order valence-electron chi connectivity index (χ4n) is 2.59. The van der Waals surface area contributed by atoms with Crippen LogP contribution in [-0.4, -0.2) is 24.5 Å². The van der Waals surface area contributed by atoms with Crippen molar-refractivity contribution in [3.05, 3.63) is 35.6 Å². The predicted octanol–water partition coefficient (Wildman–Crippen LogP) is 2.78. The van der Waals surface area contributed by atoms with Crippen LogP contribution >= 0.6 is 12.4 Å². The average molecular weight is 315 g/mol. The van der Waals surface area contributed by atoms with Crippen molar-refractivity contribution < 1.29 is 9.18 Å². The van der Waals surface area contributed by atoms with Crippen LogP contribution in [0.15, 0.2) is 24.3 Å². The lowest BCUT2D eigenvalue weighted by Gasteiger charge is -2.34. The minimum Gasteiger partial charge on any atom is -0.351 e. The molecule has 0 bridgehead atoms. The van der Waals surface area contributed by atoms with E-state index in [1.807, 2.05) is 13.8 Å². The summed E-state index contributed by atoms with van der Waals surface area (Å²) in [5.41, 5.74) is 0.165. The van der Waals surface area contributed by atoms with Crippen molar-refractivity contribution in [1.82, 2.24) is 10.6 Å². The standard InChI is InChI=1S/C16H23FN2O.ClH/c1-11-14(5-4-10-18-11)19-15(20)16(2,3)12-6-8-13(17)9-7-12;/h6-9,11,14,18H,4-5,10H2,1-3H3,(H,19,20);1H. The van der Waals surface area contributed by atoms with Crippen molar-refractivity contribution >= 4 is 18.3 Å². The normalized spacial score (nSPS) is 22.3. The third-order valence-electron chi connectivity index (χ3n) is 4.21. The fourth-order valence-corrected chi connectivity index (χ4v) is 2.59. The highest BCUT2D eigenvalue weighted by Crippen LogP contribution is 2.24. The summed E-state index contributed by atoms with van der Waals surface area (Å²) in [6.45, 7) is 6.84. The van der Waals surface area contributed by atoms with Crippen LogP contribution in [0.5, 0.6) is 0 Å². The van der Waals surface area contributed by atoms with Gasteiger partial charge in [0.15, 0.2) is 0 Å². The number of rotatable bonds is 3. The first-order chi connectivity index (χ1) is 9.41. The van der Waals surface area contributed by atoms with Gasteiger partial charge in [-0.2, -0.15) is 0 Å². The quantitative estimate of drug-likeness (QED) is 0.901. The van der Waals surface area contributed by atoms with Gasteiger partial charge in [0.2, 0.25) is 5.91 Å². The zero-order valence-electron chi connectivity index (χ0n) is 12.8. The zero-order chi connectivity index (χ0) is 14.8. The summed E-state index contributed by atoms with van der Waals surface area (Å²) in [4.78, 5) is 12.5. The lowest BCUT2D eigenvalue weighted by Crippen LogP contribution is -2.55. The molecule has 5 heteroatoms. The van der Waals surface area contributed by atoms with Gasteiger partial charge in [-0.3, -0.25) is 4.79 Å². The van der Waals surface area contributed by atoms with Crippen molar-refractivity contribution in [3.63, 3.8) is 0 Å². The van der Waals surface area contributed by atoms with Crippen LogP contribution in [0.3, 0.4) is 0 Å². The number of hydrogen-bond acceptors (Lipinski definition) is 2. The van der Waals surface area contributed by atoms with Gasteiger partial charge in [0, 0.05) is 12.1 Å². The summed E-state index contributed by atoms with van der Waals surface area (Å²) in [5.74, 6) is -0.292. The van der Waals surface area contributed by atoms with Crippen LogP contribution in [0.2, 0.25) is 0 Å². The molecule has 1 aliphatic heterocycles.